The normalized spacial score (nSPS) is 13.1. The van der Waals surface area contributed by atoms with Crippen molar-refractivity contribution in [1.82, 2.24) is 9.55 Å². The second kappa shape index (κ2) is 5.15. The van der Waals surface area contributed by atoms with Crippen molar-refractivity contribution in [1.29, 1.82) is 0 Å². The van der Waals surface area contributed by atoms with Crippen molar-refractivity contribution in [2.45, 2.75) is 6.42 Å². The molecule has 0 N–H and O–H groups in total. The molecule has 1 aliphatic rings. The van der Waals surface area contributed by atoms with E-state index in [9.17, 15) is 0 Å². The van der Waals surface area contributed by atoms with Crippen LogP contribution in [-0.4, -0.2) is 9.55 Å². The maximum atomic E-state index is 4.24. The molecule has 0 spiro atoms. The smallest absolute Gasteiger partial charge is 0.0550 e. The number of hydrogen-bond acceptors (Lipinski definition) is 1. The summed E-state index contributed by atoms with van der Waals surface area (Å²) in [7, 11) is 0. The highest BCUT2D eigenvalue weighted by molar-refractivity contribution is 5.98. The van der Waals surface area contributed by atoms with Gasteiger partial charge in [-0.05, 0) is 41.8 Å². The molecule has 0 aliphatic heterocycles. The zero-order valence-corrected chi connectivity index (χ0v) is 12.2. The summed E-state index contributed by atoms with van der Waals surface area (Å²) < 4.78 is 2.13. The van der Waals surface area contributed by atoms with Gasteiger partial charge < -0.3 is 4.57 Å². The van der Waals surface area contributed by atoms with Gasteiger partial charge in [0.15, 0.2) is 0 Å². The van der Waals surface area contributed by atoms with Crippen LogP contribution < -0.4 is 0 Å². The molecule has 4 rings (SSSR count). The van der Waals surface area contributed by atoms with Crippen LogP contribution in [-0.2, 0) is 0 Å². The van der Waals surface area contributed by atoms with Crippen molar-refractivity contribution in [3.05, 3.63) is 72.6 Å². The highest BCUT2D eigenvalue weighted by Gasteiger charge is 2.13. The third-order valence-corrected chi connectivity index (χ3v) is 4.09. The molecule has 0 amide bonds. The Morgan fingerprint density at radius 2 is 2.05 bits per heavy atom. The summed E-state index contributed by atoms with van der Waals surface area (Å²) in [5.41, 5.74) is 5.93. The second-order valence-electron chi connectivity index (χ2n) is 5.37. The van der Waals surface area contributed by atoms with Crippen LogP contribution >= 0.6 is 0 Å². The molecule has 0 bridgehead atoms. The Balaban J connectivity index is 2.07. The Hall–Kier alpha value is -2.87. The lowest BCUT2D eigenvalue weighted by Crippen LogP contribution is -1.90. The molecule has 1 aliphatic carbocycles. The van der Waals surface area contributed by atoms with E-state index in [0.29, 0.717) is 0 Å². The quantitative estimate of drug-likeness (QED) is 0.629. The molecular weight excluding hydrogens is 268 g/mol. The zero-order chi connectivity index (χ0) is 14.9. The molecule has 0 atom stereocenters. The molecule has 2 heterocycles. The molecule has 2 aromatic heterocycles. The lowest BCUT2D eigenvalue weighted by atomic mass is 10.0. The summed E-state index contributed by atoms with van der Waals surface area (Å²) in [6, 6.07) is 10.6. The number of benzene rings is 1. The predicted molar refractivity (Wildman–Crippen MR) is 94.2 cm³/mol. The van der Waals surface area contributed by atoms with E-state index in [1.165, 1.54) is 22.0 Å². The lowest BCUT2D eigenvalue weighted by molar-refractivity contribution is 1.22. The van der Waals surface area contributed by atoms with Gasteiger partial charge in [-0.1, -0.05) is 36.9 Å². The summed E-state index contributed by atoms with van der Waals surface area (Å²) in [4.78, 5) is 4.24. The second-order valence-corrected chi connectivity index (χ2v) is 5.37. The molecule has 1 aromatic carbocycles. The molecule has 0 saturated heterocycles. The number of fused-ring (bicyclic) bond motifs is 3. The number of pyridine rings is 1. The number of allylic oxidation sites excluding steroid dienone is 2. The Kier molecular flexibility index (Phi) is 3.01. The number of aromatic nitrogens is 2. The van der Waals surface area contributed by atoms with E-state index in [2.05, 4.69) is 64.7 Å². The van der Waals surface area contributed by atoms with Gasteiger partial charge in [0.2, 0.25) is 0 Å². The van der Waals surface area contributed by atoms with Gasteiger partial charge in [-0.15, -0.1) is 0 Å². The van der Waals surface area contributed by atoms with Crippen LogP contribution in [0.4, 0.5) is 0 Å². The molecule has 0 radical (unpaired) electrons. The summed E-state index contributed by atoms with van der Waals surface area (Å²) in [5.74, 6) is 0. The maximum absolute atomic E-state index is 4.24. The van der Waals surface area contributed by atoms with E-state index >= 15 is 0 Å². The van der Waals surface area contributed by atoms with E-state index in [4.69, 9.17) is 0 Å². The molecule has 0 fully saturated rings. The Morgan fingerprint density at radius 1 is 1.14 bits per heavy atom. The van der Waals surface area contributed by atoms with Crippen molar-refractivity contribution in [3.8, 4) is 11.3 Å². The Labute approximate surface area is 129 Å². The molecule has 0 unspecified atom stereocenters. The Morgan fingerprint density at radius 3 is 2.86 bits per heavy atom. The number of rotatable bonds is 2. The zero-order valence-electron chi connectivity index (χ0n) is 12.2. The predicted octanol–water partition coefficient (Wildman–Crippen LogP) is 5.23. The fourth-order valence-corrected chi connectivity index (χ4v) is 3.06. The van der Waals surface area contributed by atoms with E-state index in [1.807, 2.05) is 18.5 Å². The van der Waals surface area contributed by atoms with Crippen LogP contribution in [0.15, 0.2) is 61.5 Å². The van der Waals surface area contributed by atoms with Crippen molar-refractivity contribution in [3.63, 3.8) is 0 Å². The van der Waals surface area contributed by atoms with Crippen molar-refractivity contribution in [2.24, 2.45) is 0 Å². The fourth-order valence-electron chi connectivity index (χ4n) is 3.06. The topological polar surface area (TPSA) is 17.8 Å². The van der Waals surface area contributed by atoms with Crippen LogP contribution in [0.25, 0.3) is 40.5 Å². The summed E-state index contributed by atoms with van der Waals surface area (Å²) in [5, 5.41) is 1.25. The number of nitrogens with zero attached hydrogens (tertiary/aromatic N) is 2. The third-order valence-electron chi connectivity index (χ3n) is 4.09. The highest BCUT2D eigenvalue weighted by atomic mass is 15.0. The maximum Gasteiger partial charge on any atom is 0.0550 e. The third kappa shape index (κ3) is 1.92. The standard InChI is InChI=1S/C20H16N2/c1-2-22-19-11-10-15-7-4-3-5-9-17(15)18(19)13-20(22)16-8-6-12-21-14-16/h2,4-14H,1,3H2. The fraction of sp³-hybridized carbons (Fsp3) is 0.0500. The van der Waals surface area contributed by atoms with Crippen molar-refractivity contribution >= 4 is 29.3 Å². The van der Waals surface area contributed by atoms with Crippen LogP contribution in [0.2, 0.25) is 0 Å². The van der Waals surface area contributed by atoms with E-state index < -0.39 is 0 Å². The Bertz CT molecular complexity index is 912. The van der Waals surface area contributed by atoms with Gasteiger partial charge in [-0.3, -0.25) is 4.98 Å². The van der Waals surface area contributed by atoms with Gasteiger partial charge in [0, 0.05) is 29.5 Å². The first-order valence-electron chi connectivity index (χ1n) is 7.42. The van der Waals surface area contributed by atoms with Gasteiger partial charge in [0.05, 0.1) is 11.2 Å². The van der Waals surface area contributed by atoms with Crippen LogP contribution in [0.5, 0.6) is 0 Å². The summed E-state index contributed by atoms with van der Waals surface area (Å²) in [6.45, 7) is 3.98. The van der Waals surface area contributed by atoms with Crippen LogP contribution in [0.1, 0.15) is 17.5 Å². The largest absolute Gasteiger partial charge is 0.316 e. The van der Waals surface area contributed by atoms with Gasteiger partial charge in [-0.2, -0.15) is 0 Å². The molecule has 106 valence electrons. The molecule has 0 saturated carbocycles. The molecular formula is C20H16N2. The monoisotopic (exact) mass is 284 g/mol. The molecule has 22 heavy (non-hydrogen) atoms. The summed E-state index contributed by atoms with van der Waals surface area (Å²) in [6.07, 6.45) is 15.4. The SMILES string of the molecule is C=Cn1c(-c2cccnc2)cc2c3c(ccc21)C=CCC=C3. The van der Waals surface area contributed by atoms with Gasteiger partial charge in [-0.25, -0.2) is 0 Å². The average molecular weight is 284 g/mol. The van der Waals surface area contributed by atoms with Crippen LogP contribution in [0.3, 0.4) is 0 Å². The van der Waals surface area contributed by atoms with Crippen molar-refractivity contribution in [2.75, 3.05) is 0 Å². The first-order chi connectivity index (χ1) is 10.9. The minimum absolute atomic E-state index is 0.980. The highest BCUT2D eigenvalue weighted by Crippen LogP contribution is 2.33. The molecule has 2 nitrogen and oxygen atoms in total. The lowest BCUT2D eigenvalue weighted by Gasteiger charge is -2.06. The van der Waals surface area contributed by atoms with E-state index in [-0.39, 0.29) is 0 Å². The van der Waals surface area contributed by atoms with Gasteiger partial charge in [0.25, 0.3) is 0 Å². The van der Waals surface area contributed by atoms with Gasteiger partial charge >= 0.3 is 0 Å². The minimum atomic E-state index is 0.980. The van der Waals surface area contributed by atoms with Gasteiger partial charge in [0.1, 0.15) is 0 Å². The van der Waals surface area contributed by atoms with E-state index in [1.54, 1.807) is 6.20 Å². The van der Waals surface area contributed by atoms with Crippen molar-refractivity contribution < 1.29 is 0 Å². The first kappa shape index (κ1) is 12.8. The average Bonchev–Trinajstić information content (AvgIpc) is 2.78. The van der Waals surface area contributed by atoms with E-state index in [0.717, 1.165) is 17.7 Å². The molecule has 3 aromatic rings. The molecule has 2 heteroatoms. The van der Waals surface area contributed by atoms with Crippen LogP contribution in [0, 0.1) is 0 Å². The number of hydrogen-bond donors (Lipinski definition) is 0. The summed E-state index contributed by atoms with van der Waals surface area (Å²) >= 11 is 0. The minimum Gasteiger partial charge on any atom is -0.316 e. The first-order valence-corrected chi connectivity index (χ1v) is 7.42.